The molecule has 0 aliphatic carbocycles. The standard InChI is InChI=1S/C30H38N4O5S/c35-18-6-13-34-26-29(38)32(15-14-31-16-19-39-20-17-31)12-5-10-30(26)25(28(34)37)24-23(40-30)9-4-11-33(27(24)36)21-22-7-2-1-3-8-22/h1-5,7-10,23-26,35H,6,11-21H2/t23-,24+,25-,26?,30-/m0/s1. The van der Waals surface area contributed by atoms with Gasteiger partial charge in [0.15, 0.2) is 0 Å². The third-order valence-corrected chi connectivity index (χ3v) is 10.6. The van der Waals surface area contributed by atoms with E-state index in [4.69, 9.17) is 4.74 Å². The van der Waals surface area contributed by atoms with Gasteiger partial charge in [-0.3, -0.25) is 19.3 Å². The SMILES string of the molecule is O=C1C2N(CCCO)C(=O)[C@@H]3[C@@H]4C(=O)N(Cc5ccccc5)CC=C[C@@H]4S[C@]23C=CCN1CCN1CCOCC1. The van der Waals surface area contributed by atoms with Crippen molar-refractivity contribution in [2.75, 3.05) is 65.6 Å². The van der Waals surface area contributed by atoms with E-state index < -0.39 is 22.6 Å². The molecule has 3 fully saturated rings. The number of thioether (sulfide) groups is 1. The first-order valence-electron chi connectivity index (χ1n) is 14.4. The molecular weight excluding hydrogens is 528 g/mol. The predicted molar refractivity (Wildman–Crippen MR) is 152 cm³/mol. The Bertz CT molecular complexity index is 1170. The number of carbonyl (C=O) groups is 3. The summed E-state index contributed by atoms with van der Waals surface area (Å²) >= 11 is 1.61. The number of likely N-dealkylation sites (tertiary alicyclic amines) is 1. The molecule has 5 heterocycles. The van der Waals surface area contributed by atoms with Gasteiger partial charge in [0.1, 0.15) is 6.04 Å². The van der Waals surface area contributed by atoms with Gasteiger partial charge in [-0.05, 0) is 12.0 Å². The van der Waals surface area contributed by atoms with Crippen molar-refractivity contribution in [3.05, 3.63) is 60.2 Å². The molecule has 1 aromatic carbocycles. The van der Waals surface area contributed by atoms with Crippen LogP contribution in [0.1, 0.15) is 12.0 Å². The highest BCUT2D eigenvalue weighted by Gasteiger charge is 2.70. The molecule has 214 valence electrons. The number of nitrogens with zero attached hydrogens (tertiary/aromatic N) is 4. The molecule has 3 saturated heterocycles. The van der Waals surface area contributed by atoms with Crippen molar-refractivity contribution in [2.45, 2.75) is 29.0 Å². The van der Waals surface area contributed by atoms with Gasteiger partial charge in [0.2, 0.25) is 17.7 Å². The number of morpholine rings is 1. The minimum Gasteiger partial charge on any atom is -0.396 e. The molecular formula is C30H38N4O5S. The average Bonchev–Trinajstić information content (AvgIpc) is 3.29. The molecule has 9 nitrogen and oxygen atoms in total. The van der Waals surface area contributed by atoms with Gasteiger partial charge in [-0.1, -0.05) is 54.6 Å². The van der Waals surface area contributed by atoms with Crippen molar-refractivity contribution in [3.8, 4) is 0 Å². The van der Waals surface area contributed by atoms with E-state index in [1.165, 1.54) is 0 Å². The Morgan fingerprint density at radius 2 is 1.70 bits per heavy atom. The molecule has 10 heteroatoms. The highest BCUT2D eigenvalue weighted by molar-refractivity contribution is 8.02. The fourth-order valence-corrected chi connectivity index (χ4v) is 8.96. The Balaban J connectivity index is 1.30. The van der Waals surface area contributed by atoms with Crippen molar-refractivity contribution >= 4 is 29.5 Å². The first-order chi connectivity index (χ1) is 19.5. The van der Waals surface area contributed by atoms with Crippen molar-refractivity contribution in [2.24, 2.45) is 11.8 Å². The maximum Gasteiger partial charge on any atom is 0.247 e. The number of benzene rings is 1. The number of aliphatic hydroxyl groups excluding tert-OH is 1. The Kier molecular flexibility index (Phi) is 8.03. The summed E-state index contributed by atoms with van der Waals surface area (Å²) in [5.41, 5.74) is 1.05. The maximum absolute atomic E-state index is 14.3. The van der Waals surface area contributed by atoms with Crippen LogP contribution < -0.4 is 0 Å². The van der Waals surface area contributed by atoms with E-state index in [9.17, 15) is 19.5 Å². The highest BCUT2D eigenvalue weighted by Crippen LogP contribution is 2.61. The summed E-state index contributed by atoms with van der Waals surface area (Å²) in [5, 5.41) is 9.44. The van der Waals surface area contributed by atoms with Crippen LogP contribution in [0.5, 0.6) is 0 Å². The van der Waals surface area contributed by atoms with Crippen LogP contribution in [0.4, 0.5) is 0 Å². The summed E-state index contributed by atoms with van der Waals surface area (Å²) in [6.07, 6.45) is 8.60. The lowest BCUT2D eigenvalue weighted by molar-refractivity contribution is -0.144. The Morgan fingerprint density at radius 1 is 0.925 bits per heavy atom. The number of hydrogen-bond acceptors (Lipinski definition) is 7. The lowest BCUT2D eigenvalue weighted by atomic mass is 9.78. The monoisotopic (exact) mass is 566 g/mol. The minimum absolute atomic E-state index is 0.0291. The fourth-order valence-electron chi connectivity index (χ4n) is 6.95. The van der Waals surface area contributed by atoms with Crippen molar-refractivity contribution in [1.29, 1.82) is 0 Å². The zero-order valence-electron chi connectivity index (χ0n) is 22.8. The molecule has 0 aromatic heterocycles. The van der Waals surface area contributed by atoms with Gasteiger partial charge in [0, 0.05) is 64.2 Å². The van der Waals surface area contributed by atoms with Crippen LogP contribution in [0.25, 0.3) is 0 Å². The molecule has 6 rings (SSSR count). The molecule has 0 radical (unpaired) electrons. The first-order valence-corrected chi connectivity index (χ1v) is 15.3. The van der Waals surface area contributed by atoms with Crippen molar-refractivity contribution < 1.29 is 24.2 Å². The molecule has 5 aliphatic rings. The van der Waals surface area contributed by atoms with Crippen LogP contribution in [0.3, 0.4) is 0 Å². The van der Waals surface area contributed by atoms with E-state index in [1.807, 2.05) is 52.3 Å². The van der Waals surface area contributed by atoms with Crippen LogP contribution in [0.15, 0.2) is 54.6 Å². The molecule has 1 aromatic rings. The molecule has 40 heavy (non-hydrogen) atoms. The summed E-state index contributed by atoms with van der Waals surface area (Å²) in [4.78, 5) is 50.3. The number of aliphatic hydroxyl groups is 1. The Hall–Kier alpha value is -2.66. The van der Waals surface area contributed by atoms with Crippen LogP contribution in [-0.4, -0.2) is 124 Å². The van der Waals surface area contributed by atoms with Gasteiger partial charge in [-0.25, -0.2) is 0 Å². The number of hydrogen-bond donors (Lipinski definition) is 1. The average molecular weight is 567 g/mol. The third kappa shape index (κ3) is 4.89. The number of amides is 3. The van der Waals surface area contributed by atoms with E-state index in [0.29, 0.717) is 52.4 Å². The van der Waals surface area contributed by atoms with Gasteiger partial charge in [0.05, 0.1) is 29.8 Å². The van der Waals surface area contributed by atoms with E-state index in [0.717, 1.165) is 25.2 Å². The summed E-state index contributed by atoms with van der Waals surface area (Å²) in [6.45, 7) is 6.12. The number of rotatable bonds is 8. The van der Waals surface area contributed by atoms with E-state index >= 15 is 0 Å². The fraction of sp³-hybridized carbons (Fsp3) is 0.567. The van der Waals surface area contributed by atoms with E-state index in [-0.39, 0.29) is 29.6 Å². The highest BCUT2D eigenvalue weighted by atomic mass is 32.2. The van der Waals surface area contributed by atoms with Gasteiger partial charge in [-0.15, -0.1) is 11.8 Å². The van der Waals surface area contributed by atoms with E-state index in [1.54, 1.807) is 16.7 Å². The lowest BCUT2D eigenvalue weighted by Crippen LogP contribution is -2.54. The van der Waals surface area contributed by atoms with Crippen LogP contribution in [0.2, 0.25) is 0 Å². The Labute approximate surface area is 239 Å². The largest absolute Gasteiger partial charge is 0.396 e. The third-order valence-electron chi connectivity index (χ3n) is 8.89. The summed E-state index contributed by atoms with van der Waals surface area (Å²) in [7, 11) is 0. The van der Waals surface area contributed by atoms with Crippen molar-refractivity contribution in [3.63, 3.8) is 0 Å². The molecule has 5 atom stereocenters. The zero-order chi connectivity index (χ0) is 27.7. The van der Waals surface area contributed by atoms with Crippen LogP contribution in [0, 0.1) is 11.8 Å². The molecule has 0 bridgehead atoms. The molecule has 0 saturated carbocycles. The maximum atomic E-state index is 14.3. The predicted octanol–water partition coefficient (Wildman–Crippen LogP) is 0.995. The van der Waals surface area contributed by atoms with Gasteiger partial charge >= 0.3 is 0 Å². The minimum atomic E-state index is -0.817. The second kappa shape index (κ2) is 11.7. The number of carbonyl (C=O) groups excluding carboxylic acids is 3. The second-order valence-electron chi connectivity index (χ2n) is 11.2. The molecule has 1 unspecified atom stereocenters. The molecule has 3 amide bonds. The van der Waals surface area contributed by atoms with Gasteiger partial charge in [0.25, 0.3) is 0 Å². The molecule has 1 N–H and O–H groups in total. The van der Waals surface area contributed by atoms with Crippen molar-refractivity contribution in [1.82, 2.24) is 19.6 Å². The molecule has 5 aliphatic heterocycles. The van der Waals surface area contributed by atoms with Crippen LogP contribution in [-0.2, 0) is 25.7 Å². The first kappa shape index (κ1) is 27.5. The lowest BCUT2D eigenvalue weighted by Gasteiger charge is -2.36. The zero-order valence-corrected chi connectivity index (χ0v) is 23.6. The summed E-state index contributed by atoms with van der Waals surface area (Å²) < 4.78 is 4.65. The summed E-state index contributed by atoms with van der Waals surface area (Å²) in [5.74, 6) is -1.40. The second-order valence-corrected chi connectivity index (χ2v) is 12.7. The van der Waals surface area contributed by atoms with Gasteiger partial charge in [-0.2, -0.15) is 0 Å². The van der Waals surface area contributed by atoms with E-state index in [2.05, 4.69) is 17.1 Å². The number of fused-ring (bicyclic) bond motifs is 2. The quantitative estimate of drug-likeness (QED) is 0.470. The Morgan fingerprint density at radius 3 is 2.48 bits per heavy atom. The normalized spacial score (nSPS) is 32.2. The summed E-state index contributed by atoms with van der Waals surface area (Å²) in [6, 6.07) is 9.21. The van der Waals surface area contributed by atoms with Gasteiger partial charge < -0.3 is 24.5 Å². The smallest absolute Gasteiger partial charge is 0.247 e. The topological polar surface area (TPSA) is 93.6 Å². The van der Waals surface area contributed by atoms with Crippen LogP contribution >= 0.6 is 11.8 Å². The molecule has 1 spiro atoms. The number of ether oxygens (including phenoxy) is 1.